The minimum atomic E-state index is -0.798. The predicted molar refractivity (Wildman–Crippen MR) is 55.0 cm³/mol. The second kappa shape index (κ2) is 3.92. The Balaban J connectivity index is 3.13. The lowest BCUT2D eigenvalue weighted by atomic mass is 10.0. The first-order valence-corrected chi connectivity index (χ1v) is 4.77. The predicted octanol–water partition coefficient (Wildman–Crippen LogP) is 2.69. The van der Waals surface area contributed by atoms with Gasteiger partial charge in [0.15, 0.2) is 0 Å². The molecule has 2 nitrogen and oxygen atoms in total. The van der Waals surface area contributed by atoms with E-state index in [9.17, 15) is 4.79 Å². The zero-order valence-electron chi connectivity index (χ0n) is 7.60. The zero-order valence-corrected chi connectivity index (χ0v) is 9.18. The van der Waals surface area contributed by atoms with Gasteiger partial charge in [0.05, 0.1) is 6.42 Å². The van der Waals surface area contributed by atoms with Crippen LogP contribution < -0.4 is 0 Å². The first kappa shape index (κ1) is 10.3. The molecular formula is C10H11BrO2. The fourth-order valence-corrected chi connectivity index (χ4v) is 2.13. The minimum Gasteiger partial charge on any atom is -0.481 e. The van der Waals surface area contributed by atoms with Crippen molar-refractivity contribution in [3.05, 3.63) is 33.3 Å². The largest absolute Gasteiger partial charge is 0.481 e. The number of aryl methyl sites for hydroxylation is 2. The van der Waals surface area contributed by atoms with E-state index < -0.39 is 5.97 Å². The van der Waals surface area contributed by atoms with Crippen LogP contribution in [0, 0.1) is 13.8 Å². The average Bonchev–Trinajstić information content (AvgIpc) is 1.96. The molecule has 0 saturated heterocycles. The van der Waals surface area contributed by atoms with Gasteiger partial charge in [0, 0.05) is 4.47 Å². The fourth-order valence-electron chi connectivity index (χ4n) is 1.32. The van der Waals surface area contributed by atoms with Gasteiger partial charge < -0.3 is 5.11 Å². The molecule has 0 radical (unpaired) electrons. The average molecular weight is 243 g/mol. The van der Waals surface area contributed by atoms with Crippen LogP contribution in [0.2, 0.25) is 0 Å². The van der Waals surface area contributed by atoms with Crippen LogP contribution in [-0.2, 0) is 11.2 Å². The molecule has 0 unspecified atom stereocenters. The molecule has 1 N–H and O–H groups in total. The molecule has 0 aliphatic carbocycles. The van der Waals surface area contributed by atoms with E-state index in [-0.39, 0.29) is 6.42 Å². The van der Waals surface area contributed by atoms with E-state index in [0.717, 1.165) is 21.2 Å². The number of halogens is 1. The summed E-state index contributed by atoms with van der Waals surface area (Å²) in [5.74, 6) is -0.798. The Bertz CT molecular complexity index is 322. The quantitative estimate of drug-likeness (QED) is 0.866. The third kappa shape index (κ3) is 2.56. The first-order valence-electron chi connectivity index (χ1n) is 3.98. The molecule has 0 bridgehead atoms. The number of carboxylic acid groups (broad SMARTS) is 1. The summed E-state index contributed by atoms with van der Waals surface area (Å²) in [7, 11) is 0. The monoisotopic (exact) mass is 242 g/mol. The summed E-state index contributed by atoms with van der Waals surface area (Å²) in [4.78, 5) is 10.5. The molecule has 0 aliphatic heterocycles. The molecule has 1 aromatic rings. The van der Waals surface area contributed by atoms with Crippen LogP contribution in [0.15, 0.2) is 16.6 Å². The van der Waals surface area contributed by atoms with E-state index in [0.29, 0.717) is 0 Å². The summed E-state index contributed by atoms with van der Waals surface area (Å²) in [5, 5.41) is 8.66. The van der Waals surface area contributed by atoms with E-state index in [4.69, 9.17) is 5.11 Å². The Hall–Kier alpha value is -0.830. The van der Waals surface area contributed by atoms with Crippen molar-refractivity contribution in [3.8, 4) is 0 Å². The maximum Gasteiger partial charge on any atom is 0.307 e. The second-order valence-electron chi connectivity index (χ2n) is 3.11. The van der Waals surface area contributed by atoms with Crippen molar-refractivity contribution in [1.82, 2.24) is 0 Å². The summed E-state index contributed by atoms with van der Waals surface area (Å²) in [5.41, 5.74) is 3.02. The van der Waals surface area contributed by atoms with Gasteiger partial charge in [-0.1, -0.05) is 22.0 Å². The van der Waals surface area contributed by atoms with E-state index in [1.807, 2.05) is 26.0 Å². The molecule has 0 aliphatic rings. The summed E-state index contributed by atoms with van der Waals surface area (Å²) in [6.07, 6.45) is 0.0761. The van der Waals surface area contributed by atoms with Crippen molar-refractivity contribution < 1.29 is 9.90 Å². The molecule has 1 rings (SSSR count). The standard InChI is InChI=1S/C10H11BrO2/c1-6-3-7(2)8(5-10(12)13)9(11)4-6/h3-4H,5H2,1-2H3,(H,12,13). The topological polar surface area (TPSA) is 37.3 Å². The molecule has 13 heavy (non-hydrogen) atoms. The van der Waals surface area contributed by atoms with Crippen molar-refractivity contribution in [2.45, 2.75) is 20.3 Å². The second-order valence-corrected chi connectivity index (χ2v) is 3.97. The van der Waals surface area contributed by atoms with Gasteiger partial charge in [0.1, 0.15) is 0 Å². The van der Waals surface area contributed by atoms with Crippen molar-refractivity contribution in [2.24, 2.45) is 0 Å². The molecule has 3 heteroatoms. The lowest BCUT2D eigenvalue weighted by Gasteiger charge is -2.07. The van der Waals surface area contributed by atoms with Crippen LogP contribution in [0.1, 0.15) is 16.7 Å². The van der Waals surface area contributed by atoms with Crippen LogP contribution >= 0.6 is 15.9 Å². The van der Waals surface area contributed by atoms with E-state index in [1.165, 1.54) is 0 Å². The van der Waals surface area contributed by atoms with E-state index in [1.54, 1.807) is 0 Å². The molecule has 1 aromatic carbocycles. The highest BCUT2D eigenvalue weighted by atomic mass is 79.9. The minimum absolute atomic E-state index is 0.0761. The molecule has 0 fully saturated rings. The van der Waals surface area contributed by atoms with Gasteiger partial charge in [-0.25, -0.2) is 0 Å². The Morgan fingerprint density at radius 2 is 2.08 bits per heavy atom. The molecule has 0 heterocycles. The number of aliphatic carboxylic acids is 1. The van der Waals surface area contributed by atoms with Gasteiger partial charge in [0.2, 0.25) is 0 Å². The third-order valence-corrected chi connectivity index (χ3v) is 2.60. The maximum atomic E-state index is 10.5. The third-order valence-electron chi connectivity index (χ3n) is 1.89. The van der Waals surface area contributed by atoms with E-state index >= 15 is 0 Å². The van der Waals surface area contributed by atoms with Crippen LogP contribution in [0.3, 0.4) is 0 Å². The number of benzene rings is 1. The number of hydrogen-bond acceptors (Lipinski definition) is 1. The number of hydrogen-bond donors (Lipinski definition) is 1. The number of carbonyl (C=O) groups is 1. The first-order chi connectivity index (χ1) is 6.00. The lowest BCUT2D eigenvalue weighted by molar-refractivity contribution is -0.136. The summed E-state index contributed by atoms with van der Waals surface area (Å²) in [6, 6.07) is 3.92. The van der Waals surface area contributed by atoms with Crippen LogP contribution in [0.25, 0.3) is 0 Å². The summed E-state index contributed by atoms with van der Waals surface area (Å²) < 4.78 is 0.882. The van der Waals surface area contributed by atoms with Crippen molar-refractivity contribution in [3.63, 3.8) is 0 Å². The Labute approximate surface area is 85.7 Å². The maximum absolute atomic E-state index is 10.5. The van der Waals surface area contributed by atoms with Crippen LogP contribution in [-0.4, -0.2) is 11.1 Å². The molecular weight excluding hydrogens is 232 g/mol. The molecule has 0 aromatic heterocycles. The summed E-state index contributed by atoms with van der Waals surface area (Å²) >= 11 is 3.36. The Kier molecular flexibility index (Phi) is 3.09. The number of carboxylic acids is 1. The normalized spacial score (nSPS) is 10.1. The van der Waals surface area contributed by atoms with Gasteiger partial charge in [0.25, 0.3) is 0 Å². The molecule has 70 valence electrons. The smallest absolute Gasteiger partial charge is 0.307 e. The molecule has 0 amide bonds. The highest BCUT2D eigenvalue weighted by Gasteiger charge is 2.08. The highest BCUT2D eigenvalue weighted by molar-refractivity contribution is 9.10. The van der Waals surface area contributed by atoms with Crippen molar-refractivity contribution >= 4 is 21.9 Å². The van der Waals surface area contributed by atoms with Gasteiger partial charge in [-0.2, -0.15) is 0 Å². The number of rotatable bonds is 2. The van der Waals surface area contributed by atoms with Gasteiger partial charge >= 0.3 is 5.97 Å². The van der Waals surface area contributed by atoms with Crippen LogP contribution in [0.4, 0.5) is 0 Å². The van der Waals surface area contributed by atoms with Gasteiger partial charge in [-0.05, 0) is 36.6 Å². The molecule has 0 atom stereocenters. The van der Waals surface area contributed by atoms with Crippen LogP contribution in [0.5, 0.6) is 0 Å². The summed E-state index contributed by atoms with van der Waals surface area (Å²) in [6.45, 7) is 3.92. The van der Waals surface area contributed by atoms with Crippen molar-refractivity contribution in [2.75, 3.05) is 0 Å². The lowest BCUT2D eigenvalue weighted by Crippen LogP contribution is -2.03. The van der Waals surface area contributed by atoms with Gasteiger partial charge in [-0.15, -0.1) is 0 Å². The molecule has 0 saturated carbocycles. The zero-order chi connectivity index (χ0) is 10.0. The Morgan fingerprint density at radius 3 is 2.54 bits per heavy atom. The van der Waals surface area contributed by atoms with Crippen molar-refractivity contribution in [1.29, 1.82) is 0 Å². The SMILES string of the molecule is Cc1cc(C)c(CC(=O)O)c(Br)c1. The fraction of sp³-hybridized carbons (Fsp3) is 0.300. The van der Waals surface area contributed by atoms with E-state index in [2.05, 4.69) is 15.9 Å². The highest BCUT2D eigenvalue weighted by Crippen LogP contribution is 2.22. The Morgan fingerprint density at radius 1 is 1.46 bits per heavy atom. The van der Waals surface area contributed by atoms with Gasteiger partial charge in [-0.3, -0.25) is 4.79 Å². The molecule has 0 spiro atoms.